The summed E-state index contributed by atoms with van der Waals surface area (Å²) in [6.07, 6.45) is 0. The normalized spacial score (nSPS) is 11.5. The van der Waals surface area contributed by atoms with Gasteiger partial charge < -0.3 is 18.3 Å². The van der Waals surface area contributed by atoms with Gasteiger partial charge in [0.15, 0.2) is 34.9 Å². The first kappa shape index (κ1) is 79.8. The van der Waals surface area contributed by atoms with Crippen LogP contribution < -0.4 is 0 Å². The third-order valence-corrected chi connectivity index (χ3v) is 26.4. The van der Waals surface area contributed by atoms with Crippen LogP contribution in [0.25, 0.3) is 245 Å². The van der Waals surface area contributed by atoms with E-state index in [0.717, 1.165) is 100 Å². The highest BCUT2D eigenvalue weighted by Crippen LogP contribution is 2.46. The van der Waals surface area contributed by atoms with Gasteiger partial charge in [0.1, 0.15) is 0 Å². The predicted octanol–water partition coefficient (Wildman–Crippen LogP) is 32.1. The van der Waals surface area contributed by atoms with Crippen molar-refractivity contribution in [2.45, 2.75) is 0 Å². The van der Waals surface area contributed by atoms with E-state index in [0.29, 0.717) is 34.9 Å². The average Bonchev–Trinajstić information content (AvgIpc) is 1.49. The summed E-state index contributed by atoms with van der Waals surface area (Å²) in [4.78, 5) is 30.0. The fraction of sp³-hybridized carbons (Fsp3) is 0. The minimum absolute atomic E-state index is 0.632. The Labute approximate surface area is 785 Å². The number of aromatic nitrogens is 10. The molecule has 0 spiro atoms. The summed E-state index contributed by atoms with van der Waals surface area (Å²) in [6.45, 7) is 0. The van der Waals surface area contributed by atoms with Crippen LogP contribution in [0.2, 0.25) is 0 Å². The highest BCUT2D eigenvalue weighted by atomic mass is 15.1. The molecule has 26 rings (SSSR count). The van der Waals surface area contributed by atoms with E-state index in [-0.39, 0.29) is 0 Å². The van der Waals surface area contributed by atoms with Crippen LogP contribution in [0.3, 0.4) is 0 Å². The molecule has 20 aromatic carbocycles. The molecule has 0 fully saturated rings. The molecule has 0 bridgehead atoms. The number of rotatable bonds is 16. The highest BCUT2D eigenvalue weighted by molar-refractivity contribution is 6.18. The standard InChI is InChI=1S/2C63H41N5/c1-4-17-42(18-5-1)46-23-15-26-51(40-46)68-56-30-12-10-27-53(56)55-41-47(35-38-58(55)68)43-33-36-50(37-34-43)67-57-31-13-11-28-54(57)60-52(29-16-32-59(60)67)48-24-14-25-49(39-48)63-65-61(44-19-6-2-7-20-44)64-62(66-63)45-21-8-3-9-22-45;1-4-16-42(17-5-1)43-30-35-50(36-31-43)67-56-27-12-10-24-53(56)55-41-47(34-39-58(55)67)44-32-37-51(38-33-44)68-57-28-13-11-25-54(57)60-52(26-15-29-59(60)68)48-22-14-23-49(40-48)63-65-61(45-18-6-2-7-19-45)64-62(66-63)46-20-8-3-9-21-46/h2*1-41H. The Morgan fingerprint density at radius 1 is 0.118 bits per heavy atom. The maximum Gasteiger partial charge on any atom is 0.164 e. The van der Waals surface area contributed by atoms with E-state index in [2.05, 4.69) is 394 Å². The molecular formula is C126H82N10. The zero-order chi connectivity index (χ0) is 89.9. The van der Waals surface area contributed by atoms with E-state index in [4.69, 9.17) is 29.9 Å². The summed E-state index contributed by atoms with van der Waals surface area (Å²) < 4.78 is 9.57. The SMILES string of the molecule is c1ccc(-c2ccc(-n3c4ccccc4c4cc(-c5ccc(-n6c7ccccc7c7c(-c8cccc(-c9nc(-c%10ccccc%10)nc(-c%10ccccc%10)n9)c8)cccc76)cc5)ccc43)cc2)cc1.c1ccc(-c2cccc(-n3c4ccccc4c4cc(-c5ccc(-n6c7ccccc7c7c(-c8cccc(-c9nc(-c%10ccccc%10)nc(-c%10ccccc%10)n9)c8)cccc76)cc5)ccc43)c2)cc1. The van der Waals surface area contributed by atoms with Crippen LogP contribution in [-0.4, -0.2) is 48.2 Å². The fourth-order valence-corrected chi connectivity index (χ4v) is 20.0. The molecule has 0 aliphatic rings. The monoisotopic (exact) mass is 1730 g/mol. The lowest BCUT2D eigenvalue weighted by Gasteiger charge is -2.12. The van der Waals surface area contributed by atoms with Crippen LogP contribution in [0.5, 0.6) is 0 Å². The minimum Gasteiger partial charge on any atom is -0.309 e. The van der Waals surface area contributed by atoms with Gasteiger partial charge in [-0.2, -0.15) is 0 Å². The van der Waals surface area contributed by atoms with E-state index in [1.54, 1.807) is 0 Å². The minimum atomic E-state index is 0.632. The van der Waals surface area contributed by atoms with E-state index >= 15 is 0 Å². The summed E-state index contributed by atoms with van der Waals surface area (Å²) in [7, 11) is 0. The quantitative estimate of drug-likeness (QED) is 0.0956. The molecule has 0 aliphatic carbocycles. The predicted molar refractivity (Wildman–Crippen MR) is 562 cm³/mol. The fourth-order valence-electron chi connectivity index (χ4n) is 20.0. The van der Waals surface area contributed by atoms with Gasteiger partial charge in [0.25, 0.3) is 0 Å². The van der Waals surface area contributed by atoms with Crippen LogP contribution in [0.4, 0.5) is 0 Å². The molecule has 0 unspecified atom stereocenters. The second-order valence-electron chi connectivity index (χ2n) is 34.4. The molecule has 0 saturated carbocycles. The van der Waals surface area contributed by atoms with Crippen LogP contribution in [0, 0.1) is 0 Å². The molecule has 636 valence electrons. The molecule has 0 N–H and O–H groups in total. The van der Waals surface area contributed by atoms with Crippen molar-refractivity contribution in [3.8, 4) is 158 Å². The Bertz CT molecular complexity index is 8930. The second kappa shape index (κ2) is 34.2. The third kappa shape index (κ3) is 14.5. The first-order valence-electron chi connectivity index (χ1n) is 46.0. The number of para-hydroxylation sites is 4. The topological polar surface area (TPSA) is 97.1 Å². The summed E-state index contributed by atoms with van der Waals surface area (Å²) in [5.74, 6) is 3.84. The van der Waals surface area contributed by atoms with Crippen molar-refractivity contribution in [2.75, 3.05) is 0 Å². The number of nitrogens with zero attached hydrogens (tertiary/aromatic N) is 10. The van der Waals surface area contributed by atoms with Crippen molar-refractivity contribution in [3.63, 3.8) is 0 Å². The first-order chi connectivity index (χ1) is 67.4. The van der Waals surface area contributed by atoms with Crippen LogP contribution in [-0.2, 0) is 0 Å². The molecule has 0 atom stereocenters. The maximum atomic E-state index is 5.05. The molecule has 0 amide bonds. The van der Waals surface area contributed by atoms with Gasteiger partial charge >= 0.3 is 0 Å². The number of benzene rings is 20. The Balaban J connectivity index is 0.000000145. The molecule has 10 heteroatoms. The lowest BCUT2D eigenvalue weighted by atomic mass is 9.97. The Hall–Kier alpha value is -18.4. The smallest absolute Gasteiger partial charge is 0.164 e. The van der Waals surface area contributed by atoms with Crippen molar-refractivity contribution >= 4 is 87.2 Å². The molecule has 0 radical (unpaired) electrons. The average molecular weight is 1740 g/mol. The summed E-state index contributed by atoms with van der Waals surface area (Å²) in [5.41, 5.74) is 33.5. The Morgan fingerprint density at radius 3 is 0.721 bits per heavy atom. The Kier molecular flexibility index (Phi) is 20.0. The van der Waals surface area contributed by atoms with E-state index < -0.39 is 0 Å². The van der Waals surface area contributed by atoms with E-state index in [1.807, 2.05) is 121 Å². The molecule has 6 aromatic heterocycles. The summed E-state index contributed by atoms with van der Waals surface area (Å²) in [5, 5.41) is 9.73. The third-order valence-electron chi connectivity index (χ3n) is 26.4. The maximum absolute atomic E-state index is 5.05. The molecule has 26 aromatic rings. The van der Waals surface area contributed by atoms with Gasteiger partial charge in [-0.15, -0.1) is 0 Å². The van der Waals surface area contributed by atoms with Crippen molar-refractivity contribution < 1.29 is 0 Å². The Morgan fingerprint density at radius 2 is 0.346 bits per heavy atom. The van der Waals surface area contributed by atoms with Gasteiger partial charge in [-0.25, -0.2) is 29.9 Å². The number of hydrogen-bond donors (Lipinski definition) is 0. The van der Waals surface area contributed by atoms with Gasteiger partial charge in [0.05, 0.1) is 44.1 Å². The molecule has 0 aliphatic heterocycles. The molecule has 6 heterocycles. The van der Waals surface area contributed by atoms with Crippen molar-refractivity contribution in [1.82, 2.24) is 48.2 Å². The van der Waals surface area contributed by atoms with Gasteiger partial charge in [0.2, 0.25) is 0 Å². The van der Waals surface area contributed by atoms with Gasteiger partial charge in [0, 0.05) is 99.2 Å². The summed E-state index contributed by atoms with van der Waals surface area (Å²) in [6, 6.07) is 177. The molecule has 136 heavy (non-hydrogen) atoms. The lowest BCUT2D eigenvalue weighted by Crippen LogP contribution is -2.00. The lowest BCUT2D eigenvalue weighted by molar-refractivity contribution is 1.07. The zero-order valence-corrected chi connectivity index (χ0v) is 73.8. The largest absolute Gasteiger partial charge is 0.309 e. The van der Waals surface area contributed by atoms with Crippen LogP contribution in [0.1, 0.15) is 0 Å². The number of fused-ring (bicyclic) bond motifs is 12. The molecular weight excluding hydrogens is 1650 g/mol. The highest BCUT2D eigenvalue weighted by Gasteiger charge is 2.24. The van der Waals surface area contributed by atoms with Crippen molar-refractivity contribution in [2.24, 2.45) is 0 Å². The molecule has 10 nitrogen and oxygen atoms in total. The van der Waals surface area contributed by atoms with E-state index in [9.17, 15) is 0 Å². The van der Waals surface area contributed by atoms with Crippen molar-refractivity contribution in [3.05, 3.63) is 497 Å². The zero-order valence-electron chi connectivity index (χ0n) is 73.8. The van der Waals surface area contributed by atoms with Gasteiger partial charge in [-0.1, -0.05) is 376 Å². The summed E-state index contributed by atoms with van der Waals surface area (Å²) >= 11 is 0. The molecule has 0 saturated heterocycles. The van der Waals surface area contributed by atoms with Gasteiger partial charge in [-0.3, -0.25) is 0 Å². The first-order valence-corrected chi connectivity index (χ1v) is 46.0. The van der Waals surface area contributed by atoms with Crippen molar-refractivity contribution in [1.29, 1.82) is 0 Å². The van der Waals surface area contributed by atoms with E-state index in [1.165, 1.54) is 110 Å². The van der Waals surface area contributed by atoms with Crippen LogP contribution in [0.15, 0.2) is 497 Å². The number of hydrogen-bond acceptors (Lipinski definition) is 6. The van der Waals surface area contributed by atoms with Gasteiger partial charge in [-0.05, 0) is 188 Å². The second-order valence-corrected chi connectivity index (χ2v) is 34.4. The van der Waals surface area contributed by atoms with Crippen LogP contribution >= 0.6 is 0 Å².